The molecule has 3 nitrogen and oxygen atoms in total. The second kappa shape index (κ2) is 8.00. The molecular weight excluding hydrogens is 380 g/mol. The Balaban J connectivity index is 1.93. The highest BCUT2D eigenvalue weighted by Gasteiger charge is 2.40. The van der Waals surface area contributed by atoms with Crippen molar-refractivity contribution in [1.29, 1.82) is 0 Å². The number of likely N-dealkylation sites (N-methyl/N-ethyl adjacent to an activating group) is 1. The molecule has 1 fully saturated rings. The van der Waals surface area contributed by atoms with Gasteiger partial charge in [-0.15, -0.1) is 0 Å². The van der Waals surface area contributed by atoms with Crippen LogP contribution in [0.2, 0.25) is 18.1 Å². The lowest BCUT2D eigenvalue weighted by Gasteiger charge is -2.38. The topological polar surface area (TPSA) is 24.5 Å². The van der Waals surface area contributed by atoms with Gasteiger partial charge in [0.2, 0.25) is 0 Å². The van der Waals surface area contributed by atoms with Crippen LogP contribution in [0, 0.1) is 0 Å². The summed E-state index contributed by atoms with van der Waals surface area (Å²) in [6.07, 6.45) is 1.55. The van der Waals surface area contributed by atoms with E-state index in [1.165, 1.54) is 5.56 Å². The van der Waals surface area contributed by atoms with E-state index in [0.29, 0.717) is 12.1 Å². The first-order valence-electron chi connectivity index (χ1n) is 8.95. The zero-order valence-corrected chi connectivity index (χ0v) is 18.6. The van der Waals surface area contributed by atoms with Gasteiger partial charge in [0, 0.05) is 30.1 Å². The standard InChI is InChI=1S/C19H33BrN2OSi/c1-19(2,3)24(5,6)23-17-10-11-22(13-17)14-18(21-4)15-8-7-9-16(20)12-15/h7-9,12,17-18,21H,10-11,13-14H2,1-6H3/t17-,18?/m0/s1. The van der Waals surface area contributed by atoms with Gasteiger partial charge in [-0.1, -0.05) is 48.8 Å². The van der Waals surface area contributed by atoms with E-state index in [9.17, 15) is 0 Å². The first kappa shape index (κ1) is 20.1. The highest BCUT2D eigenvalue weighted by atomic mass is 79.9. The maximum atomic E-state index is 6.60. The Hall–Kier alpha value is -0.203. The van der Waals surface area contributed by atoms with Crippen molar-refractivity contribution in [1.82, 2.24) is 10.2 Å². The van der Waals surface area contributed by atoms with Crippen molar-refractivity contribution < 1.29 is 4.43 Å². The zero-order valence-electron chi connectivity index (χ0n) is 16.0. The highest BCUT2D eigenvalue weighted by molar-refractivity contribution is 9.10. The maximum Gasteiger partial charge on any atom is 0.192 e. The van der Waals surface area contributed by atoms with Crippen LogP contribution in [0.3, 0.4) is 0 Å². The van der Waals surface area contributed by atoms with Crippen LogP contribution in [0.25, 0.3) is 0 Å². The predicted molar refractivity (Wildman–Crippen MR) is 109 cm³/mol. The van der Waals surface area contributed by atoms with Crippen LogP contribution in [-0.4, -0.2) is 46.0 Å². The van der Waals surface area contributed by atoms with Crippen LogP contribution in [0.1, 0.15) is 38.8 Å². The van der Waals surface area contributed by atoms with Crippen molar-refractivity contribution in [3.8, 4) is 0 Å². The number of benzene rings is 1. The van der Waals surface area contributed by atoms with Crippen molar-refractivity contribution in [3.05, 3.63) is 34.3 Å². The number of nitrogens with zero attached hydrogens (tertiary/aromatic N) is 1. The summed E-state index contributed by atoms with van der Waals surface area (Å²) in [5.74, 6) is 0. The summed E-state index contributed by atoms with van der Waals surface area (Å²) in [5, 5.41) is 3.75. The zero-order chi connectivity index (χ0) is 18.0. The minimum atomic E-state index is -1.67. The highest BCUT2D eigenvalue weighted by Crippen LogP contribution is 2.38. The summed E-state index contributed by atoms with van der Waals surface area (Å²) >= 11 is 3.58. The number of hydrogen-bond donors (Lipinski definition) is 1. The molecule has 1 heterocycles. The molecule has 0 aliphatic carbocycles. The number of hydrogen-bond acceptors (Lipinski definition) is 3. The third kappa shape index (κ3) is 5.15. The van der Waals surface area contributed by atoms with Gasteiger partial charge in [-0.2, -0.15) is 0 Å². The van der Waals surface area contributed by atoms with Gasteiger partial charge in [-0.25, -0.2) is 0 Å². The van der Waals surface area contributed by atoms with E-state index < -0.39 is 8.32 Å². The first-order valence-corrected chi connectivity index (χ1v) is 12.7. The molecule has 1 unspecified atom stereocenters. The Kier molecular flexibility index (Phi) is 6.70. The summed E-state index contributed by atoms with van der Waals surface area (Å²) in [5.41, 5.74) is 1.33. The van der Waals surface area contributed by atoms with Crippen LogP contribution < -0.4 is 5.32 Å². The average molecular weight is 413 g/mol. The maximum absolute atomic E-state index is 6.60. The van der Waals surface area contributed by atoms with Crippen molar-refractivity contribution in [3.63, 3.8) is 0 Å². The van der Waals surface area contributed by atoms with Crippen LogP contribution >= 0.6 is 15.9 Å². The molecule has 1 saturated heterocycles. The molecule has 1 aromatic rings. The van der Waals surface area contributed by atoms with Gasteiger partial charge in [0.25, 0.3) is 0 Å². The van der Waals surface area contributed by atoms with Crippen LogP contribution in [0.5, 0.6) is 0 Å². The number of nitrogens with one attached hydrogen (secondary N) is 1. The largest absolute Gasteiger partial charge is 0.413 e. The summed E-state index contributed by atoms with van der Waals surface area (Å²) < 4.78 is 7.74. The smallest absolute Gasteiger partial charge is 0.192 e. The molecule has 1 aromatic carbocycles. The van der Waals surface area contributed by atoms with E-state index in [2.05, 4.69) is 84.3 Å². The molecule has 24 heavy (non-hydrogen) atoms. The Morgan fingerprint density at radius 3 is 2.67 bits per heavy atom. The lowest BCUT2D eigenvalue weighted by atomic mass is 10.1. The second-order valence-corrected chi connectivity index (χ2v) is 14.1. The molecule has 1 aliphatic rings. The predicted octanol–water partition coefficient (Wildman–Crippen LogP) is 4.81. The molecule has 0 saturated carbocycles. The van der Waals surface area contributed by atoms with Crippen molar-refractivity contribution in [2.45, 2.75) is 57.5 Å². The molecule has 0 spiro atoms. The summed E-state index contributed by atoms with van der Waals surface area (Å²) in [4.78, 5) is 2.54. The molecule has 5 heteroatoms. The Bertz CT molecular complexity index is 544. The minimum absolute atomic E-state index is 0.282. The minimum Gasteiger partial charge on any atom is -0.413 e. The molecule has 0 bridgehead atoms. The van der Waals surface area contributed by atoms with E-state index in [1.807, 2.05) is 7.05 Å². The van der Waals surface area contributed by atoms with Crippen LogP contribution in [0.4, 0.5) is 0 Å². The lowest BCUT2D eigenvalue weighted by Crippen LogP contribution is -2.44. The van der Waals surface area contributed by atoms with Gasteiger partial charge >= 0.3 is 0 Å². The van der Waals surface area contributed by atoms with Crippen molar-refractivity contribution in [2.75, 3.05) is 26.7 Å². The molecule has 136 valence electrons. The number of likely N-dealkylation sites (tertiary alicyclic amines) is 1. The summed E-state index contributed by atoms with van der Waals surface area (Å²) in [6.45, 7) is 14.9. The van der Waals surface area contributed by atoms with Gasteiger partial charge in [0.05, 0.1) is 6.10 Å². The fourth-order valence-corrected chi connectivity index (χ4v) is 4.79. The van der Waals surface area contributed by atoms with E-state index in [0.717, 1.165) is 30.5 Å². The third-order valence-corrected chi connectivity index (χ3v) is 10.6. The average Bonchev–Trinajstić information content (AvgIpc) is 2.90. The molecular formula is C19H33BrN2OSi. The molecule has 0 aromatic heterocycles. The molecule has 0 radical (unpaired) electrons. The fourth-order valence-electron chi connectivity index (χ4n) is 3.00. The Labute approximate surface area is 157 Å². The summed E-state index contributed by atoms with van der Waals surface area (Å²) in [6, 6.07) is 8.95. The molecule has 0 amide bonds. The Morgan fingerprint density at radius 1 is 1.38 bits per heavy atom. The van der Waals surface area contributed by atoms with Crippen LogP contribution in [0.15, 0.2) is 28.7 Å². The van der Waals surface area contributed by atoms with E-state index in [-0.39, 0.29) is 5.04 Å². The van der Waals surface area contributed by atoms with Crippen molar-refractivity contribution in [2.24, 2.45) is 0 Å². The van der Waals surface area contributed by atoms with Gasteiger partial charge in [-0.3, -0.25) is 4.90 Å². The van der Waals surface area contributed by atoms with Crippen molar-refractivity contribution >= 4 is 24.2 Å². The molecule has 1 aliphatic heterocycles. The first-order chi connectivity index (χ1) is 11.1. The molecule has 1 N–H and O–H groups in total. The quantitative estimate of drug-likeness (QED) is 0.678. The summed E-state index contributed by atoms with van der Waals surface area (Å²) in [7, 11) is 0.379. The molecule has 2 atom stereocenters. The van der Waals surface area contributed by atoms with E-state index in [4.69, 9.17) is 4.43 Å². The van der Waals surface area contributed by atoms with Gasteiger partial charge in [-0.05, 0) is 49.3 Å². The fraction of sp³-hybridized carbons (Fsp3) is 0.684. The monoisotopic (exact) mass is 412 g/mol. The number of halogens is 1. The normalized spacial score (nSPS) is 21.2. The number of rotatable bonds is 6. The van der Waals surface area contributed by atoms with Gasteiger partial charge < -0.3 is 9.74 Å². The Morgan fingerprint density at radius 2 is 2.08 bits per heavy atom. The molecule has 2 rings (SSSR count). The lowest BCUT2D eigenvalue weighted by molar-refractivity contribution is 0.177. The van der Waals surface area contributed by atoms with Gasteiger partial charge in [0.15, 0.2) is 8.32 Å². The second-order valence-electron chi connectivity index (χ2n) is 8.44. The van der Waals surface area contributed by atoms with Crippen LogP contribution in [-0.2, 0) is 4.43 Å². The van der Waals surface area contributed by atoms with Gasteiger partial charge in [0.1, 0.15) is 0 Å². The van der Waals surface area contributed by atoms with E-state index >= 15 is 0 Å². The third-order valence-electron chi connectivity index (χ3n) is 5.54. The SMILES string of the molecule is CNC(CN1CC[C@H](O[Si](C)(C)C(C)(C)C)C1)c1cccc(Br)c1. The van der Waals surface area contributed by atoms with E-state index in [1.54, 1.807) is 0 Å².